The summed E-state index contributed by atoms with van der Waals surface area (Å²) in [6, 6.07) is 3.32. The summed E-state index contributed by atoms with van der Waals surface area (Å²) in [7, 11) is 0. The summed E-state index contributed by atoms with van der Waals surface area (Å²) in [6.07, 6.45) is 1.39. The highest BCUT2D eigenvalue weighted by Crippen LogP contribution is 2.25. The van der Waals surface area contributed by atoms with E-state index in [1.165, 1.54) is 12.1 Å². The number of carbonyl (C=O) groups excluding carboxylic acids is 1. The minimum absolute atomic E-state index is 0.0452. The van der Waals surface area contributed by atoms with Crippen molar-refractivity contribution in [3.8, 4) is 0 Å². The highest BCUT2D eigenvalue weighted by molar-refractivity contribution is 5.95. The second kappa shape index (κ2) is 8.54. The molecule has 1 fully saturated rings. The molecular formula is C16H21N3O6. The van der Waals surface area contributed by atoms with Gasteiger partial charge in [0.05, 0.1) is 17.4 Å². The van der Waals surface area contributed by atoms with Crippen molar-refractivity contribution < 1.29 is 24.4 Å². The van der Waals surface area contributed by atoms with Crippen molar-refractivity contribution in [2.24, 2.45) is 0 Å². The first-order valence-electron chi connectivity index (χ1n) is 7.99. The second-order valence-electron chi connectivity index (χ2n) is 5.96. The van der Waals surface area contributed by atoms with E-state index in [-0.39, 0.29) is 23.9 Å². The predicted molar refractivity (Wildman–Crippen MR) is 89.5 cm³/mol. The maximum Gasteiger partial charge on any atom is 0.321 e. The molecule has 0 saturated carbocycles. The Bertz CT molecular complexity index is 657. The van der Waals surface area contributed by atoms with E-state index in [2.05, 4.69) is 10.6 Å². The molecule has 0 aliphatic carbocycles. The molecule has 0 spiro atoms. The van der Waals surface area contributed by atoms with Gasteiger partial charge in [0.25, 0.3) is 5.69 Å². The van der Waals surface area contributed by atoms with Crippen molar-refractivity contribution in [3.05, 3.63) is 33.9 Å². The first-order chi connectivity index (χ1) is 11.9. The van der Waals surface area contributed by atoms with E-state index in [4.69, 9.17) is 4.74 Å². The Labute approximate surface area is 144 Å². The van der Waals surface area contributed by atoms with Crippen molar-refractivity contribution in [1.29, 1.82) is 0 Å². The molecule has 1 heterocycles. The number of aryl methyl sites for hydroxylation is 1. The number of hydrogen-bond acceptors (Lipinski definition) is 6. The fraction of sp³-hybridized carbons (Fsp3) is 0.500. The maximum absolute atomic E-state index is 12.1. The summed E-state index contributed by atoms with van der Waals surface area (Å²) in [4.78, 5) is 33.9. The SMILES string of the molecule is Cc1ccc(NC(=O)CC(NCC2CCCO2)C(=O)O)c([N+](=O)[O-])c1. The standard InChI is InChI=1S/C16H21N3O6/c1-10-4-5-12(14(7-10)19(23)24)18-15(20)8-13(16(21)22)17-9-11-3-2-6-25-11/h4-5,7,11,13,17H,2-3,6,8-9H2,1H3,(H,18,20)(H,21,22). The summed E-state index contributed by atoms with van der Waals surface area (Å²) in [6.45, 7) is 2.70. The number of rotatable bonds is 8. The molecule has 136 valence electrons. The largest absolute Gasteiger partial charge is 0.480 e. The molecule has 9 nitrogen and oxygen atoms in total. The van der Waals surface area contributed by atoms with Gasteiger partial charge in [-0.3, -0.25) is 19.7 Å². The Kier molecular flexibility index (Phi) is 6.43. The van der Waals surface area contributed by atoms with Crippen molar-refractivity contribution in [1.82, 2.24) is 5.32 Å². The zero-order valence-electron chi connectivity index (χ0n) is 13.9. The Balaban J connectivity index is 1.96. The molecule has 1 aliphatic rings. The molecule has 1 aromatic carbocycles. The molecule has 0 aromatic heterocycles. The van der Waals surface area contributed by atoms with Gasteiger partial charge in [0.1, 0.15) is 11.7 Å². The number of ether oxygens (including phenoxy) is 1. The summed E-state index contributed by atoms with van der Waals surface area (Å²) in [5.74, 6) is -1.77. The van der Waals surface area contributed by atoms with Gasteiger partial charge < -0.3 is 20.5 Å². The van der Waals surface area contributed by atoms with Crippen LogP contribution in [0.3, 0.4) is 0 Å². The number of nitrogens with one attached hydrogen (secondary N) is 2. The monoisotopic (exact) mass is 351 g/mol. The number of nitro groups is 1. The van der Waals surface area contributed by atoms with Crippen molar-refractivity contribution >= 4 is 23.3 Å². The topological polar surface area (TPSA) is 131 Å². The molecule has 0 radical (unpaired) electrons. The van der Waals surface area contributed by atoms with E-state index in [1.54, 1.807) is 13.0 Å². The zero-order valence-corrected chi connectivity index (χ0v) is 13.9. The van der Waals surface area contributed by atoms with Crippen LogP contribution in [0.5, 0.6) is 0 Å². The smallest absolute Gasteiger partial charge is 0.321 e. The lowest BCUT2D eigenvalue weighted by molar-refractivity contribution is -0.384. The number of amides is 1. The first kappa shape index (κ1) is 18.8. The molecule has 2 atom stereocenters. The third-order valence-electron chi connectivity index (χ3n) is 3.93. The van der Waals surface area contributed by atoms with Gasteiger partial charge in [0.15, 0.2) is 0 Å². The average Bonchev–Trinajstić information content (AvgIpc) is 3.06. The lowest BCUT2D eigenvalue weighted by Gasteiger charge is -2.17. The van der Waals surface area contributed by atoms with Crippen LogP contribution in [0.2, 0.25) is 0 Å². The molecule has 3 N–H and O–H groups in total. The molecule has 1 aliphatic heterocycles. The number of carboxylic acid groups (broad SMARTS) is 1. The minimum Gasteiger partial charge on any atom is -0.480 e. The molecule has 9 heteroatoms. The Hall–Kier alpha value is -2.52. The molecule has 2 rings (SSSR count). The van der Waals surface area contributed by atoms with Gasteiger partial charge in [-0.15, -0.1) is 0 Å². The zero-order chi connectivity index (χ0) is 18.4. The van der Waals surface area contributed by atoms with Crippen LogP contribution in [-0.4, -0.2) is 47.2 Å². The third-order valence-corrected chi connectivity index (χ3v) is 3.93. The van der Waals surface area contributed by atoms with Crippen LogP contribution in [0.1, 0.15) is 24.8 Å². The van der Waals surface area contributed by atoms with E-state index < -0.39 is 22.8 Å². The van der Waals surface area contributed by atoms with E-state index in [1.807, 2.05) is 0 Å². The molecule has 2 unspecified atom stereocenters. The number of aliphatic carboxylic acids is 1. The van der Waals surface area contributed by atoms with Gasteiger partial charge in [0, 0.05) is 19.2 Å². The van der Waals surface area contributed by atoms with Crippen LogP contribution in [0.15, 0.2) is 18.2 Å². The van der Waals surface area contributed by atoms with E-state index in [0.29, 0.717) is 18.7 Å². The summed E-state index contributed by atoms with van der Waals surface area (Å²) in [5.41, 5.74) is 0.503. The lowest BCUT2D eigenvalue weighted by atomic mass is 10.1. The van der Waals surface area contributed by atoms with Gasteiger partial charge in [-0.25, -0.2) is 0 Å². The fourth-order valence-corrected chi connectivity index (χ4v) is 2.61. The quantitative estimate of drug-likeness (QED) is 0.477. The average molecular weight is 351 g/mol. The highest BCUT2D eigenvalue weighted by atomic mass is 16.6. The molecule has 25 heavy (non-hydrogen) atoms. The third kappa shape index (κ3) is 5.50. The van der Waals surface area contributed by atoms with E-state index in [9.17, 15) is 24.8 Å². The lowest BCUT2D eigenvalue weighted by Crippen LogP contribution is -2.43. The van der Waals surface area contributed by atoms with Crippen molar-refractivity contribution in [3.63, 3.8) is 0 Å². The van der Waals surface area contributed by atoms with Crippen LogP contribution in [0.4, 0.5) is 11.4 Å². The number of carbonyl (C=O) groups is 2. The minimum atomic E-state index is -1.16. The normalized spacial score (nSPS) is 17.9. The molecule has 1 aromatic rings. The van der Waals surface area contributed by atoms with Crippen LogP contribution in [-0.2, 0) is 14.3 Å². The van der Waals surface area contributed by atoms with Gasteiger partial charge in [0.2, 0.25) is 5.91 Å². The van der Waals surface area contributed by atoms with E-state index >= 15 is 0 Å². The first-order valence-corrected chi connectivity index (χ1v) is 7.99. The van der Waals surface area contributed by atoms with Crippen molar-refractivity contribution in [2.75, 3.05) is 18.5 Å². The number of nitrogens with zero attached hydrogens (tertiary/aromatic N) is 1. The predicted octanol–water partition coefficient (Wildman–Crippen LogP) is 1.45. The molecular weight excluding hydrogens is 330 g/mol. The number of anilines is 1. The Morgan fingerprint density at radius 1 is 1.48 bits per heavy atom. The number of hydrogen-bond donors (Lipinski definition) is 3. The Morgan fingerprint density at radius 3 is 2.84 bits per heavy atom. The summed E-state index contributed by atoms with van der Waals surface area (Å²) >= 11 is 0. The van der Waals surface area contributed by atoms with Crippen molar-refractivity contribution in [2.45, 2.75) is 38.3 Å². The number of benzene rings is 1. The van der Waals surface area contributed by atoms with Crippen LogP contribution in [0.25, 0.3) is 0 Å². The van der Waals surface area contributed by atoms with Gasteiger partial charge in [-0.2, -0.15) is 0 Å². The number of nitro benzene ring substituents is 1. The van der Waals surface area contributed by atoms with Gasteiger partial charge in [-0.05, 0) is 31.4 Å². The van der Waals surface area contributed by atoms with E-state index in [0.717, 1.165) is 12.8 Å². The fourth-order valence-electron chi connectivity index (χ4n) is 2.61. The molecule has 1 saturated heterocycles. The van der Waals surface area contributed by atoms with Crippen LogP contribution >= 0.6 is 0 Å². The van der Waals surface area contributed by atoms with Gasteiger partial charge in [-0.1, -0.05) is 6.07 Å². The summed E-state index contributed by atoms with van der Waals surface area (Å²) < 4.78 is 5.41. The Morgan fingerprint density at radius 2 is 2.24 bits per heavy atom. The van der Waals surface area contributed by atoms with Crippen LogP contribution in [0, 0.1) is 17.0 Å². The maximum atomic E-state index is 12.1. The molecule has 0 bridgehead atoms. The highest BCUT2D eigenvalue weighted by Gasteiger charge is 2.25. The molecule has 1 amide bonds. The van der Waals surface area contributed by atoms with Crippen LogP contribution < -0.4 is 10.6 Å². The van der Waals surface area contributed by atoms with Gasteiger partial charge >= 0.3 is 5.97 Å². The summed E-state index contributed by atoms with van der Waals surface area (Å²) in [5, 5.41) is 25.5. The number of carboxylic acids is 1. The second-order valence-corrected chi connectivity index (χ2v) is 5.96.